The van der Waals surface area contributed by atoms with Gasteiger partial charge in [0.2, 0.25) is 10.0 Å². The van der Waals surface area contributed by atoms with Crippen LogP contribution in [0.5, 0.6) is 0 Å². The number of alkyl halides is 1. The summed E-state index contributed by atoms with van der Waals surface area (Å²) in [5.74, 6) is -0.201. The van der Waals surface area contributed by atoms with Gasteiger partial charge in [-0.2, -0.15) is 0 Å². The number of hydrogen-bond donors (Lipinski definition) is 2. The molecule has 16 heavy (non-hydrogen) atoms. The Hall–Kier alpha value is -0.920. The van der Waals surface area contributed by atoms with Crippen LogP contribution in [0.15, 0.2) is 23.1 Å². The van der Waals surface area contributed by atoms with Gasteiger partial charge < -0.3 is 5.32 Å². The molecule has 0 unspecified atom stereocenters. The molecule has 0 bridgehead atoms. The summed E-state index contributed by atoms with van der Waals surface area (Å²) >= 11 is 3.02. The Labute approximate surface area is 102 Å². The smallest absolute Gasteiger partial charge is 0.240 e. The lowest BCUT2D eigenvalue weighted by atomic mass is 10.1. The number of rotatable bonds is 4. The highest BCUT2D eigenvalue weighted by molar-refractivity contribution is 9.09. The van der Waals surface area contributed by atoms with Crippen molar-refractivity contribution in [1.29, 1.82) is 0 Å². The van der Waals surface area contributed by atoms with Crippen molar-refractivity contribution < 1.29 is 13.2 Å². The molecular formula is C9H11BrN2O3S. The van der Waals surface area contributed by atoms with Crippen molar-refractivity contribution >= 4 is 37.4 Å². The first-order valence-corrected chi connectivity index (χ1v) is 7.00. The van der Waals surface area contributed by atoms with Crippen molar-refractivity contribution in [3.8, 4) is 0 Å². The monoisotopic (exact) mass is 306 g/mol. The molecule has 3 N–H and O–H groups in total. The number of carbonyl (C=O) groups excluding carboxylic acids is 1. The van der Waals surface area contributed by atoms with E-state index in [1.807, 2.05) is 0 Å². The minimum Gasteiger partial charge on any atom is -0.387 e. The van der Waals surface area contributed by atoms with Crippen LogP contribution in [-0.2, 0) is 10.0 Å². The number of nitrogens with one attached hydrogen (secondary N) is 1. The van der Waals surface area contributed by atoms with E-state index in [-0.39, 0.29) is 16.0 Å². The number of anilines is 1. The zero-order valence-electron chi connectivity index (χ0n) is 8.53. The van der Waals surface area contributed by atoms with Crippen LogP contribution in [0.4, 0.5) is 5.69 Å². The third kappa shape index (κ3) is 2.81. The van der Waals surface area contributed by atoms with E-state index in [2.05, 4.69) is 21.2 Å². The summed E-state index contributed by atoms with van der Waals surface area (Å²) in [6.07, 6.45) is 0. The van der Waals surface area contributed by atoms with Gasteiger partial charge in [-0.15, -0.1) is 0 Å². The molecule has 0 aliphatic carbocycles. The standard InChI is InChI=1S/C9H11BrN2O3S/c1-12-7-3-2-6(8(13)5-10)4-9(7)16(11,14)15/h2-4,12H,5H2,1H3,(H2,11,14,15). The highest BCUT2D eigenvalue weighted by Crippen LogP contribution is 2.21. The Morgan fingerprint density at radius 1 is 1.50 bits per heavy atom. The highest BCUT2D eigenvalue weighted by Gasteiger charge is 2.16. The SMILES string of the molecule is CNc1ccc(C(=O)CBr)cc1S(N)(=O)=O. The number of benzene rings is 1. The lowest BCUT2D eigenvalue weighted by molar-refractivity contribution is 0.102. The van der Waals surface area contributed by atoms with Crippen LogP contribution in [0, 0.1) is 0 Å². The van der Waals surface area contributed by atoms with Crippen molar-refractivity contribution in [3.05, 3.63) is 23.8 Å². The van der Waals surface area contributed by atoms with E-state index >= 15 is 0 Å². The van der Waals surface area contributed by atoms with Crippen molar-refractivity contribution in [3.63, 3.8) is 0 Å². The molecule has 0 aliphatic rings. The molecule has 0 aromatic heterocycles. The van der Waals surface area contributed by atoms with E-state index in [1.165, 1.54) is 12.1 Å². The van der Waals surface area contributed by atoms with Gasteiger partial charge in [-0.3, -0.25) is 4.79 Å². The predicted molar refractivity (Wildman–Crippen MR) is 65.5 cm³/mol. The average Bonchev–Trinajstić information content (AvgIpc) is 2.26. The molecule has 0 atom stereocenters. The quantitative estimate of drug-likeness (QED) is 0.640. The predicted octanol–water partition coefficient (Wildman–Crippen LogP) is 0.953. The Balaban J connectivity index is 3.39. The maximum absolute atomic E-state index is 11.4. The van der Waals surface area contributed by atoms with E-state index in [4.69, 9.17) is 5.14 Å². The van der Waals surface area contributed by atoms with Crippen LogP contribution in [0.3, 0.4) is 0 Å². The molecule has 7 heteroatoms. The molecule has 88 valence electrons. The molecule has 0 radical (unpaired) electrons. The fourth-order valence-corrected chi connectivity index (χ4v) is 2.31. The van der Waals surface area contributed by atoms with Crippen LogP contribution in [-0.4, -0.2) is 26.6 Å². The maximum Gasteiger partial charge on any atom is 0.240 e. The Morgan fingerprint density at radius 2 is 2.12 bits per heavy atom. The largest absolute Gasteiger partial charge is 0.387 e. The lowest BCUT2D eigenvalue weighted by Gasteiger charge is -2.08. The molecule has 0 fully saturated rings. The Kier molecular flexibility index (Phi) is 4.06. The van der Waals surface area contributed by atoms with E-state index < -0.39 is 10.0 Å². The zero-order valence-corrected chi connectivity index (χ0v) is 10.9. The summed E-state index contributed by atoms with van der Waals surface area (Å²) < 4.78 is 22.6. The first-order chi connectivity index (χ1) is 7.40. The van der Waals surface area contributed by atoms with Crippen LogP contribution < -0.4 is 10.5 Å². The van der Waals surface area contributed by atoms with Gasteiger partial charge in [0, 0.05) is 12.6 Å². The molecule has 1 aromatic carbocycles. The molecular weight excluding hydrogens is 296 g/mol. The van der Waals surface area contributed by atoms with Crippen LogP contribution in [0.1, 0.15) is 10.4 Å². The molecule has 1 aromatic rings. The second-order valence-electron chi connectivity index (χ2n) is 3.06. The number of Topliss-reactive ketones (excluding diaryl/α,β-unsaturated/α-hetero) is 1. The zero-order chi connectivity index (χ0) is 12.3. The first kappa shape index (κ1) is 13.1. The minimum atomic E-state index is -3.84. The van der Waals surface area contributed by atoms with E-state index in [0.717, 1.165) is 0 Å². The molecule has 0 aliphatic heterocycles. The fourth-order valence-electron chi connectivity index (χ4n) is 1.21. The summed E-state index contributed by atoms with van der Waals surface area (Å²) in [5.41, 5.74) is 0.675. The lowest BCUT2D eigenvalue weighted by Crippen LogP contribution is -2.15. The van der Waals surface area contributed by atoms with Crippen molar-refractivity contribution in [1.82, 2.24) is 0 Å². The maximum atomic E-state index is 11.4. The van der Waals surface area contributed by atoms with Crippen LogP contribution in [0.25, 0.3) is 0 Å². The average molecular weight is 307 g/mol. The van der Waals surface area contributed by atoms with Crippen molar-refractivity contribution in [2.45, 2.75) is 4.90 Å². The van der Waals surface area contributed by atoms with Crippen molar-refractivity contribution in [2.75, 3.05) is 17.7 Å². The summed E-state index contributed by atoms with van der Waals surface area (Å²) in [4.78, 5) is 11.3. The normalized spacial score (nSPS) is 11.2. The summed E-state index contributed by atoms with van der Waals surface area (Å²) in [7, 11) is -2.26. The molecule has 1 rings (SSSR count). The van der Waals surface area contributed by atoms with Gasteiger partial charge in [0.05, 0.1) is 11.0 Å². The van der Waals surface area contributed by atoms with Crippen LogP contribution >= 0.6 is 15.9 Å². The van der Waals surface area contributed by atoms with Gasteiger partial charge in [-0.05, 0) is 18.2 Å². The molecule has 0 spiro atoms. The second-order valence-corrected chi connectivity index (χ2v) is 5.15. The summed E-state index contributed by atoms with van der Waals surface area (Å²) in [6.45, 7) is 0. The number of carbonyl (C=O) groups is 1. The molecule has 5 nitrogen and oxygen atoms in total. The van der Waals surface area contributed by atoms with Gasteiger partial charge in [-0.25, -0.2) is 13.6 Å². The minimum absolute atomic E-state index is 0.0817. The van der Waals surface area contributed by atoms with Gasteiger partial charge in [-0.1, -0.05) is 15.9 Å². The fraction of sp³-hybridized carbons (Fsp3) is 0.222. The number of sulfonamides is 1. The van der Waals surface area contributed by atoms with E-state index in [9.17, 15) is 13.2 Å². The summed E-state index contributed by atoms with van der Waals surface area (Å²) in [5, 5.41) is 7.89. The van der Waals surface area contributed by atoms with E-state index in [1.54, 1.807) is 13.1 Å². The summed E-state index contributed by atoms with van der Waals surface area (Å²) in [6, 6.07) is 4.32. The Morgan fingerprint density at radius 3 is 2.56 bits per heavy atom. The van der Waals surface area contributed by atoms with E-state index in [0.29, 0.717) is 11.3 Å². The second kappa shape index (κ2) is 4.94. The molecule has 0 amide bonds. The number of hydrogen-bond acceptors (Lipinski definition) is 4. The third-order valence-electron chi connectivity index (χ3n) is 2.00. The molecule has 0 heterocycles. The van der Waals surface area contributed by atoms with Gasteiger partial charge in [0.1, 0.15) is 4.90 Å². The number of halogens is 1. The number of primary sulfonamides is 1. The topological polar surface area (TPSA) is 89.3 Å². The molecule has 0 saturated heterocycles. The van der Waals surface area contributed by atoms with Gasteiger partial charge in [0.25, 0.3) is 0 Å². The van der Waals surface area contributed by atoms with Gasteiger partial charge >= 0.3 is 0 Å². The Bertz CT molecular complexity index is 513. The van der Waals surface area contributed by atoms with Crippen molar-refractivity contribution in [2.24, 2.45) is 5.14 Å². The van der Waals surface area contributed by atoms with Crippen LogP contribution in [0.2, 0.25) is 0 Å². The number of ketones is 1. The molecule has 0 saturated carbocycles. The van der Waals surface area contributed by atoms with Gasteiger partial charge in [0.15, 0.2) is 5.78 Å². The third-order valence-corrected chi connectivity index (χ3v) is 3.46. The highest BCUT2D eigenvalue weighted by atomic mass is 79.9. The number of nitrogens with two attached hydrogens (primary N) is 1. The first-order valence-electron chi connectivity index (χ1n) is 4.34.